The highest BCUT2D eigenvalue weighted by atomic mass is 14.2. The highest BCUT2D eigenvalue weighted by Crippen LogP contribution is 2.33. The molecule has 0 saturated heterocycles. The van der Waals surface area contributed by atoms with Crippen LogP contribution in [0.1, 0.15) is 32.3 Å². The molecule has 0 saturated carbocycles. The highest BCUT2D eigenvalue weighted by molar-refractivity contribution is 5.96. The quantitative estimate of drug-likeness (QED) is 0.421. The number of hydrogen-bond donors (Lipinski definition) is 0. The zero-order chi connectivity index (χ0) is 20.4. The second-order valence-electron chi connectivity index (χ2n) is 8.09. The molecule has 0 aliphatic heterocycles. The number of fused-ring (bicyclic) bond motifs is 1. The maximum Gasteiger partial charge on any atom is -0.00263 e. The summed E-state index contributed by atoms with van der Waals surface area (Å²) < 4.78 is 0. The molecule has 0 amide bonds. The topological polar surface area (TPSA) is 0 Å². The summed E-state index contributed by atoms with van der Waals surface area (Å²) in [6.45, 7) is 12.9. The van der Waals surface area contributed by atoms with Crippen molar-refractivity contribution in [3.8, 4) is 11.1 Å². The third-order valence-corrected chi connectivity index (χ3v) is 6.14. The Morgan fingerprint density at radius 1 is 0.897 bits per heavy atom. The fourth-order valence-corrected chi connectivity index (χ4v) is 4.07. The van der Waals surface area contributed by atoms with E-state index in [0.717, 1.165) is 19.3 Å². The Morgan fingerprint density at radius 2 is 1.62 bits per heavy atom. The molecule has 0 nitrogen and oxygen atoms in total. The molecular formula is C29H28. The molecule has 0 N–H and O–H groups in total. The molecule has 0 heterocycles. The van der Waals surface area contributed by atoms with Crippen molar-refractivity contribution in [1.29, 1.82) is 0 Å². The number of rotatable bonds is 5. The van der Waals surface area contributed by atoms with Crippen molar-refractivity contribution in [2.75, 3.05) is 0 Å². The molecule has 1 aliphatic rings. The first kappa shape index (κ1) is 19.2. The predicted molar refractivity (Wildman–Crippen MR) is 127 cm³/mol. The third-order valence-electron chi connectivity index (χ3n) is 6.14. The van der Waals surface area contributed by atoms with Gasteiger partial charge in [0.25, 0.3) is 0 Å². The van der Waals surface area contributed by atoms with Gasteiger partial charge >= 0.3 is 0 Å². The fourth-order valence-electron chi connectivity index (χ4n) is 4.07. The maximum absolute atomic E-state index is 4.35. The van der Waals surface area contributed by atoms with Crippen LogP contribution in [0.4, 0.5) is 0 Å². The second kappa shape index (κ2) is 8.09. The minimum absolute atomic E-state index is 0.933. The van der Waals surface area contributed by atoms with Gasteiger partial charge in [0.1, 0.15) is 0 Å². The first-order valence-electron chi connectivity index (χ1n) is 10.3. The van der Waals surface area contributed by atoms with Crippen molar-refractivity contribution < 1.29 is 0 Å². The lowest BCUT2D eigenvalue weighted by atomic mass is 9.85. The summed E-state index contributed by atoms with van der Waals surface area (Å²) in [4.78, 5) is 0. The lowest BCUT2D eigenvalue weighted by molar-refractivity contribution is 0.926. The van der Waals surface area contributed by atoms with Gasteiger partial charge in [0, 0.05) is 0 Å². The molecule has 144 valence electrons. The maximum atomic E-state index is 4.35. The molecular weight excluding hydrogens is 348 g/mol. The minimum Gasteiger partial charge on any atom is -0.0955 e. The molecule has 29 heavy (non-hydrogen) atoms. The van der Waals surface area contributed by atoms with Gasteiger partial charge in [0.05, 0.1) is 0 Å². The fraction of sp³-hybridized carbons (Fsp3) is 0.172. The van der Waals surface area contributed by atoms with Gasteiger partial charge in [-0.3, -0.25) is 0 Å². The molecule has 3 aromatic carbocycles. The van der Waals surface area contributed by atoms with Gasteiger partial charge in [-0.25, -0.2) is 0 Å². The van der Waals surface area contributed by atoms with Gasteiger partial charge in [-0.05, 0) is 82.9 Å². The van der Waals surface area contributed by atoms with Crippen LogP contribution in [0.3, 0.4) is 0 Å². The van der Waals surface area contributed by atoms with E-state index >= 15 is 0 Å². The summed E-state index contributed by atoms with van der Waals surface area (Å²) in [5.74, 6) is 0. The van der Waals surface area contributed by atoms with Crippen LogP contribution in [0.2, 0.25) is 0 Å². The van der Waals surface area contributed by atoms with Crippen molar-refractivity contribution in [3.05, 3.63) is 119 Å². The van der Waals surface area contributed by atoms with Crippen molar-refractivity contribution >= 4 is 10.8 Å². The third kappa shape index (κ3) is 4.03. The molecule has 0 bridgehead atoms. The molecule has 0 heteroatoms. The average molecular weight is 377 g/mol. The van der Waals surface area contributed by atoms with Crippen molar-refractivity contribution in [1.82, 2.24) is 0 Å². The lowest BCUT2D eigenvalue weighted by Crippen LogP contribution is -2.01. The van der Waals surface area contributed by atoms with Crippen molar-refractivity contribution in [2.24, 2.45) is 0 Å². The summed E-state index contributed by atoms with van der Waals surface area (Å²) in [7, 11) is 0. The van der Waals surface area contributed by atoms with Gasteiger partial charge in [0.15, 0.2) is 0 Å². The van der Waals surface area contributed by atoms with E-state index in [1.165, 1.54) is 55.3 Å². The smallest absolute Gasteiger partial charge is 0.00263 e. The molecule has 0 radical (unpaired) electrons. The van der Waals surface area contributed by atoms with E-state index < -0.39 is 0 Å². The molecule has 1 aliphatic carbocycles. The summed E-state index contributed by atoms with van der Waals surface area (Å²) in [6, 6.07) is 24.1. The van der Waals surface area contributed by atoms with Crippen LogP contribution in [0, 0.1) is 0 Å². The number of aryl methyl sites for hydroxylation is 1. The Labute approximate surface area is 174 Å². The summed E-state index contributed by atoms with van der Waals surface area (Å²) in [6.07, 6.45) is 5.22. The molecule has 0 aromatic heterocycles. The normalized spacial score (nSPS) is 14.3. The van der Waals surface area contributed by atoms with Crippen LogP contribution in [-0.4, -0.2) is 0 Å². The monoisotopic (exact) mass is 376 g/mol. The Bertz CT molecular complexity index is 1140. The van der Waals surface area contributed by atoms with Gasteiger partial charge in [0.2, 0.25) is 0 Å². The van der Waals surface area contributed by atoms with Crippen LogP contribution in [-0.2, 0) is 6.42 Å². The van der Waals surface area contributed by atoms with Crippen LogP contribution >= 0.6 is 0 Å². The van der Waals surface area contributed by atoms with Gasteiger partial charge in [-0.15, -0.1) is 0 Å². The Balaban J connectivity index is 1.47. The van der Waals surface area contributed by atoms with E-state index in [1.807, 2.05) is 0 Å². The van der Waals surface area contributed by atoms with E-state index in [1.54, 1.807) is 0 Å². The molecule has 3 aromatic rings. The van der Waals surface area contributed by atoms with E-state index in [-0.39, 0.29) is 0 Å². The van der Waals surface area contributed by atoms with Crippen LogP contribution in [0.25, 0.3) is 21.9 Å². The number of benzene rings is 3. The summed E-state index contributed by atoms with van der Waals surface area (Å²) in [5.41, 5.74) is 10.4. The van der Waals surface area contributed by atoms with Gasteiger partial charge < -0.3 is 0 Å². The predicted octanol–water partition coefficient (Wildman–Crippen LogP) is 8.22. The Hall–Kier alpha value is -3.12. The zero-order valence-electron chi connectivity index (χ0n) is 17.5. The van der Waals surface area contributed by atoms with Crippen molar-refractivity contribution in [2.45, 2.75) is 33.1 Å². The van der Waals surface area contributed by atoms with Crippen LogP contribution in [0.5, 0.6) is 0 Å². The highest BCUT2D eigenvalue weighted by Gasteiger charge is 2.13. The number of hydrogen-bond acceptors (Lipinski definition) is 0. The van der Waals surface area contributed by atoms with Crippen LogP contribution < -0.4 is 0 Å². The van der Waals surface area contributed by atoms with Gasteiger partial charge in [-0.2, -0.15) is 0 Å². The zero-order valence-corrected chi connectivity index (χ0v) is 17.5. The van der Waals surface area contributed by atoms with Crippen molar-refractivity contribution in [3.63, 3.8) is 0 Å². The lowest BCUT2D eigenvalue weighted by Gasteiger charge is -2.20. The molecule has 0 spiro atoms. The first-order chi connectivity index (χ1) is 14.0. The SMILES string of the molecule is C=C(CCc1ccc(-c2cccc3ccccc23)cc1)C1=CC(C)=C(C)C(=C)C1. The van der Waals surface area contributed by atoms with E-state index in [0.29, 0.717) is 0 Å². The minimum atomic E-state index is 0.933. The van der Waals surface area contributed by atoms with E-state index in [9.17, 15) is 0 Å². The summed E-state index contributed by atoms with van der Waals surface area (Å²) >= 11 is 0. The molecule has 0 unspecified atom stereocenters. The van der Waals surface area contributed by atoms with Gasteiger partial charge in [-0.1, -0.05) is 91.5 Å². The Morgan fingerprint density at radius 3 is 2.38 bits per heavy atom. The standard InChI is InChI=1S/C29H28/c1-20(27-18-21(2)23(4)22(3)19-27)12-13-24-14-16-26(17-15-24)29-11-7-9-25-8-5-6-10-28(25)29/h5-11,14-17,19H,1-2,12-13,18H2,3-4H3. The van der Waals surface area contributed by atoms with E-state index in [2.05, 4.69) is 99.8 Å². The van der Waals surface area contributed by atoms with E-state index in [4.69, 9.17) is 0 Å². The second-order valence-corrected chi connectivity index (χ2v) is 8.09. The molecule has 0 atom stereocenters. The first-order valence-corrected chi connectivity index (χ1v) is 10.3. The molecule has 4 rings (SSSR count). The summed E-state index contributed by atoms with van der Waals surface area (Å²) in [5, 5.41) is 2.59. The molecule has 0 fully saturated rings. The largest absolute Gasteiger partial charge is 0.0955 e. The van der Waals surface area contributed by atoms with Crippen LogP contribution in [0.15, 0.2) is 114 Å². The average Bonchev–Trinajstić information content (AvgIpc) is 2.75. The number of allylic oxidation sites excluding steroid dienone is 6. The Kier molecular flexibility index (Phi) is 5.36.